The van der Waals surface area contributed by atoms with Gasteiger partial charge in [-0.25, -0.2) is 0 Å². The molecule has 184 valence electrons. The summed E-state index contributed by atoms with van der Waals surface area (Å²) in [6, 6.07) is 0. The monoisotopic (exact) mass is 462 g/mol. The highest BCUT2D eigenvalue weighted by Crippen LogP contribution is 2.33. The largest absolute Gasteiger partial charge is 0.371 e. The molecule has 0 rings (SSSR count). The van der Waals surface area contributed by atoms with Crippen LogP contribution in [0.25, 0.3) is 0 Å². The second kappa shape index (κ2) is 13.9. The second-order valence-electron chi connectivity index (χ2n) is 8.27. The molecule has 0 unspecified atom stereocenters. The quantitative estimate of drug-likeness (QED) is 0.209. The molecule has 0 fully saturated rings. The molecule has 1 N–H and O–H groups in total. The van der Waals surface area contributed by atoms with Crippen LogP contribution in [0.2, 0.25) is 0 Å². The van der Waals surface area contributed by atoms with Crippen LogP contribution >= 0.6 is 0 Å². The third kappa shape index (κ3) is 7.22. The first-order valence-corrected chi connectivity index (χ1v) is 11.7. The van der Waals surface area contributed by atoms with E-state index in [2.05, 4.69) is 0 Å². The predicted octanol–water partition coefficient (Wildman–Crippen LogP) is 3.99. The summed E-state index contributed by atoms with van der Waals surface area (Å²) in [5.74, 6) is -4.43. The van der Waals surface area contributed by atoms with Crippen molar-refractivity contribution in [1.82, 2.24) is 0 Å². The Morgan fingerprint density at radius 2 is 0.879 bits per heavy atom. The SMILES string of the molecule is CCCC(=O)C(C)=C(C(=O)CCC)C(C(=O)CCC)=C(C(=O)CCC)C(O)(C(C)=O)C(C)=O. The van der Waals surface area contributed by atoms with E-state index in [4.69, 9.17) is 0 Å². The number of carbonyl (C=O) groups is 6. The summed E-state index contributed by atoms with van der Waals surface area (Å²) in [5.41, 5.74) is -4.33. The van der Waals surface area contributed by atoms with Crippen LogP contribution in [0, 0.1) is 0 Å². The van der Waals surface area contributed by atoms with E-state index in [1.807, 2.05) is 0 Å². The minimum Gasteiger partial charge on any atom is -0.371 e. The first-order valence-electron chi connectivity index (χ1n) is 11.7. The molecule has 0 aromatic rings. The highest BCUT2D eigenvalue weighted by molar-refractivity contribution is 6.26. The Morgan fingerprint density at radius 1 is 0.545 bits per heavy atom. The Kier molecular flexibility index (Phi) is 12.8. The molecule has 0 aliphatic rings. The van der Waals surface area contributed by atoms with E-state index in [1.54, 1.807) is 27.7 Å². The molecule has 0 saturated carbocycles. The molecule has 0 amide bonds. The van der Waals surface area contributed by atoms with Gasteiger partial charge in [0.1, 0.15) is 0 Å². The fourth-order valence-corrected chi connectivity index (χ4v) is 3.67. The number of carbonyl (C=O) groups excluding carboxylic acids is 6. The normalized spacial score (nSPS) is 13.1. The maximum Gasteiger partial charge on any atom is 0.210 e. The summed E-state index contributed by atoms with van der Waals surface area (Å²) in [6.07, 6.45) is 1.44. The van der Waals surface area contributed by atoms with Crippen LogP contribution in [0.1, 0.15) is 99.8 Å². The number of hydrogen-bond donors (Lipinski definition) is 1. The van der Waals surface area contributed by atoms with Crippen molar-refractivity contribution < 1.29 is 33.9 Å². The van der Waals surface area contributed by atoms with Crippen LogP contribution in [-0.4, -0.2) is 45.4 Å². The molecular weight excluding hydrogens is 424 g/mol. The van der Waals surface area contributed by atoms with Crippen LogP contribution in [0.3, 0.4) is 0 Å². The number of Topliss-reactive ketones (excluding diaryl/α,β-unsaturated/α-hetero) is 6. The van der Waals surface area contributed by atoms with Crippen molar-refractivity contribution in [2.75, 3.05) is 0 Å². The Balaban J connectivity index is 7.98. The van der Waals surface area contributed by atoms with E-state index < -0.39 is 45.7 Å². The number of allylic oxidation sites excluding steroid dienone is 3. The number of rotatable bonds is 16. The summed E-state index contributed by atoms with van der Waals surface area (Å²) < 4.78 is 0. The fraction of sp³-hybridized carbons (Fsp3) is 0.615. The first-order chi connectivity index (χ1) is 15.4. The molecule has 0 radical (unpaired) electrons. The fourth-order valence-electron chi connectivity index (χ4n) is 3.67. The predicted molar refractivity (Wildman–Crippen MR) is 126 cm³/mol. The first kappa shape index (κ1) is 30.5. The zero-order valence-electron chi connectivity index (χ0n) is 21.1. The van der Waals surface area contributed by atoms with Gasteiger partial charge in [0, 0.05) is 42.4 Å². The third-order valence-electron chi connectivity index (χ3n) is 5.42. The Labute approximate surface area is 196 Å². The lowest BCUT2D eigenvalue weighted by Gasteiger charge is -2.28. The average molecular weight is 463 g/mol. The number of hydrogen-bond acceptors (Lipinski definition) is 7. The third-order valence-corrected chi connectivity index (χ3v) is 5.42. The van der Waals surface area contributed by atoms with Crippen LogP contribution < -0.4 is 0 Å². The second-order valence-corrected chi connectivity index (χ2v) is 8.27. The molecule has 0 aliphatic carbocycles. The molecule has 0 atom stereocenters. The summed E-state index contributed by atoms with van der Waals surface area (Å²) in [6.45, 7) is 10.3. The minimum absolute atomic E-state index is 0.00833. The van der Waals surface area contributed by atoms with Gasteiger partial charge in [-0.15, -0.1) is 0 Å². The zero-order chi connectivity index (χ0) is 25.9. The van der Waals surface area contributed by atoms with Crippen molar-refractivity contribution in [1.29, 1.82) is 0 Å². The molecule has 0 heterocycles. The van der Waals surface area contributed by atoms with Gasteiger partial charge in [0.15, 0.2) is 34.7 Å². The molecule has 33 heavy (non-hydrogen) atoms. The number of aliphatic hydroxyl groups is 1. The lowest BCUT2D eigenvalue weighted by molar-refractivity contribution is -0.146. The van der Waals surface area contributed by atoms with Crippen LogP contribution in [0.4, 0.5) is 0 Å². The standard InChI is InChI=1S/C26H38O7/c1-8-12-19(29)16(5)23(20(30)13-9-2)24(21(31)14-10-3)25(22(32)15-11-4)26(33,17(6)27)18(7)28/h33H,8-15H2,1-7H3. The summed E-state index contributed by atoms with van der Waals surface area (Å²) in [5, 5.41) is 11.2. The molecule has 0 spiro atoms. The van der Waals surface area contributed by atoms with Crippen LogP contribution in [0.5, 0.6) is 0 Å². The van der Waals surface area contributed by atoms with Crippen molar-refractivity contribution in [2.45, 2.75) is 105 Å². The Morgan fingerprint density at radius 3 is 1.24 bits per heavy atom. The van der Waals surface area contributed by atoms with Crippen LogP contribution in [0.15, 0.2) is 22.3 Å². The molecule has 0 aliphatic heterocycles. The van der Waals surface area contributed by atoms with E-state index in [1.165, 1.54) is 6.92 Å². The lowest BCUT2D eigenvalue weighted by Crippen LogP contribution is -2.49. The van der Waals surface area contributed by atoms with Gasteiger partial charge in [-0.2, -0.15) is 0 Å². The topological polar surface area (TPSA) is 123 Å². The zero-order valence-corrected chi connectivity index (χ0v) is 21.1. The smallest absolute Gasteiger partial charge is 0.210 e. The van der Waals surface area contributed by atoms with Gasteiger partial charge in [0.25, 0.3) is 0 Å². The highest BCUT2D eigenvalue weighted by Gasteiger charge is 2.48. The lowest BCUT2D eigenvalue weighted by atomic mass is 9.75. The van der Waals surface area contributed by atoms with E-state index in [0.717, 1.165) is 13.8 Å². The molecule has 0 bridgehead atoms. The van der Waals surface area contributed by atoms with Gasteiger partial charge < -0.3 is 5.11 Å². The highest BCUT2D eigenvalue weighted by atomic mass is 16.3. The summed E-state index contributed by atoms with van der Waals surface area (Å²) >= 11 is 0. The van der Waals surface area contributed by atoms with Gasteiger partial charge in [-0.05, 0) is 46.5 Å². The van der Waals surface area contributed by atoms with E-state index in [9.17, 15) is 33.9 Å². The molecule has 0 aromatic heterocycles. The van der Waals surface area contributed by atoms with Crippen molar-refractivity contribution >= 4 is 34.7 Å². The van der Waals surface area contributed by atoms with Gasteiger partial charge in [-0.1, -0.05) is 27.7 Å². The van der Waals surface area contributed by atoms with Gasteiger partial charge in [0.2, 0.25) is 5.60 Å². The molecular formula is C26H38O7. The van der Waals surface area contributed by atoms with Gasteiger partial charge in [-0.3, -0.25) is 28.8 Å². The molecule has 0 aromatic carbocycles. The Bertz CT molecular complexity index is 857. The molecule has 0 saturated heterocycles. The van der Waals surface area contributed by atoms with Gasteiger partial charge >= 0.3 is 0 Å². The maximum absolute atomic E-state index is 13.4. The molecule has 7 nitrogen and oxygen atoms in total. The van der Waals surface area contributed by atoms with E-state index in [0.29, 0.717) is 25.7 Å². The van der Waals surface area contributed by atoms with Crippen molar-refractivity contribution in [3.8, 4) is 0 Å². The average Bonchev–Trinajstić information content (AvgIpc) is 2.73. The summed E-state index contributed by atoms with van der Waals surface area (Å²) in [4.78, 5) is 77.7. The minimum atomic E-state index is -2.89. The Hall–Kier alpha value is -2.54. The van der Waals surface area contributed by atoms with E-state index >= 15 is 0 Å². The molecule has 7 heteroatoms. The van der Waals surface area contributed by atoms with Crippen molar-refractivity contribution in [3.63, 3.8) is 0 Å². The summed E-state index contributed by atoms with van der Waals surface area (Å²) in [7, 11) is 0. The van der Waals surface area contributed by atoms with E-state index in [-0.39, 0.29) is 42.6 Å². The van der Waals surface area contributed by atoms with Crippen LogP contribution in [-0.2, 0) is 28.8 Å². The maximum atomic E-state index is 13.4. The van der Waals surface area contributed by atoms with Gasteiger partial charge in [0.05, 0.1) is 5.57 Å². The van der Waals surface area contributed by atoms with Crippen molar-refractivity contribution in [3.05, 3.63) is 22.3 Å². The van der Waals surface area contributed by atoms with Crippen molar-refractivity contribution in [2.24, 2.45) is 0 Å². The number of ketones is 6.